The van der Waals surface area contributed by atoms with E-state index in [-0.39, 0.29) is 4.90 Å². The molecular formula is C13H21N3O3S2. The molecule has 1 aliphatic heterocycles. The number of nitrogens with one attached hydrogen (secondary N) is 1. The highest BCUT2D eigenvalue weighted by Crippen LogP contribution is 2.24. The molecule has 0 aromatic heterocycles. The number of nitrogens with two attached hydrogens (primary N) is 1. The fourth-order valence-corrected chi connectivity index (χ4v) is 4.16. The smallest absolute Gasteiger partial charge is 0.240 e. The zero-order chi connectivity index (χ0) is 15.3. The molecule has 1 saturated heterocycles. The summed E-state index contributed by atoms with van der Waals surface area (Å²) in [4.78, 5) is 2.43. The van der Waals surface area contributed by atoms with Crippen LogP contribution in [0.15, 0.2) is 23.1 Å². The predicted molar refractivity (Wildman–Crippen MR) is 86.4 cm³/mol. The van der Waals surface area contributed by atoms with Gasteiger partial charge in [-0.15, -0.1) is 0 Å². The van der Waals surface area contributed by atoms with Crippen molar-refractivity contribution in [3.63, 3.8) is 0 Å². The minimum Gasteiger partial charge on any atom is -0.495 e. The molecule has 1 aromatic carbocycles. The second-order valence-electron chi connectivity index (χ2n) is 4.76. The van der Waals surface area contributed by atoms with Gasteiger partial charge in [-0.1, -0.05) is 0 Å². The van der Waals surface area contributed by atoms with Gasteiger partial charge in [-0.2, -0.15) is 11.8 Å². The minimum atomic E-state index is -3.53. The molecule has 118 valence electrons. The van der Waals surface area contributed by atoms with Crippen molar-refractivity contribution >= 4 is 27.5 Å². The molecule has 3 N–H and O–H groups in total. The highest BCUT2D eigenvalue weighted by Gasteiger charge is 2.16. The lowest BCUT2D eigenvalue weighted by Crippen LogP contribution is -2.39. The number of nitrogens with zero attached hydrogens (tertiary/aromatic N) is 1. The van der Waals surface area contributed by atoms with Crippen LogP contribution in [0.25, 0.3) is 0 Å². The van der Waals surface area contributed by atoms with Gasteiger partial charge in [0.1, 0.15) is 5.75 Å². The van der Waals surface area contributed by atoms with Crippen LogP contribution >= 0.6 is 11.8 Å². The van der Waals surface area contributed by atoms with E-state index in [9.17, 15) is 8.42 Å². The average Bonchev–Trinajstić information content (AvgIpc) is 2.48. The van der Waals surface area contributed by atoms with Gasteiger partial charge >= 0.3 is 0 Å². The Bertz CT molecular complexity index is 572. The zero-order valence-electron chi connectivity index (χ0n) is 12.0. The van der Waals surface area contributed by atoms with Gasteiger partial charge in [0.25, 0.3) is 0 Å². The van der Waals surface area contributed by atoms with E-state index in [2.05, 4.69) is 9.62 Å². The van der Waals surface area contributed by atoms with Crippen molar-refractivity contribution in [2.75, 3.05) is 50.5 Å². The van der Waals surface area contributed by atoms with Crippen molar-refractivity contribution in [2.24, 2.45) is 0 Å². The Hall–Kier alpha value is -0.960. The molecule has 8 heteroatoms. The summed E-state index contributed by atoms with van der Waals surface area (Å²) in [5.41, 5.74) is 6.06. The van der Waals surface area contributed by atoms with Crippen LogP contribution in [0.3, 0.4) is 0 Å². The molecule has 1 aromatic rings. The van der Waals surface area contributed by atoms with E-state index in [0.29, 0.717) is 18.0 Å². The number of hydrogen-bond donors (Lipinski definition) is 2. The second-order valence-corrected chi connectivity index (χ2v) is 7.75. The second kappa shape index (κ2) is 7.35. The van der Waals surface area contributed by atoms with Crippen LogP contribution in [0.1, 0.15) is 0 Å². The maximum absolute atomic E-state index is 12.2. The lowest BCUT2D eigenvalue weighted by atomic mass is 10.3. The van der Waals surface area contributed by atoms with Crippen molar-refractivity contribution in [2.45, 2.75) is 4.90 Å². The number of benzene rings is 1. The van der Waals surface area contributed by atoms with Crippen LogP contribution in [-0.2, 0) is 10.0 Å². The van der Waals surface area contributed by atoms with Gasteiger partial charge in [-0.05, 0) is 18.2 Å². The number of sulfonamides is 1. The topological polar surface area (TPSA) is 84.7 Å². The summed E-state index contributed by atoms with van der Waals surface area (Å²) in [7, 11) is -2.03. The Kier molecular flexibility index (Phi) is 5.74. The van der Waals surface area contributed by atoms with Crippen LogP contribution in [0, 0.1) is 0 Å². The fraction of sp³-hybridized carbons (Fsp3) is 0.538. The number of hydrogen-bond acceptors (Lipinski definition) is 6. The summed E-state index contributed by atoms with van der Waals surface area (Å²) in [6.07, 6.45) is 0. The maximum atomic E-state index is 12.2. The van der Waals surface area contributed by atoms with Gasteiger partial charge in [0.15, 0.2) is 0 Å². The van der Waals surface area contributed by atoms with Crippen molar-refractivity contribution < 1.29 is 13.2 Å². The number of rotatable bonds is 6. The third-order valence-corrected chi connectivity index (χ3v) is 5.74. The molecule has 0 radical (unpaired) electrons. The van der Waals surface area contributed by atoms with E-state index in [1.807, 2.05) is 11.8 Å². The lowest BCUT2D eigenvalue weighted by Gasteiger charge is -2.25. The number of ether oxygens (including phenoxy) is 1. The zero-order valence-corrected chi connectivity index (χ0v) is 13.7. The summed E-state index contributed by atoms with van der Waals surface area (Å²) in [5.74, 6) is 2.70. The van der Waals surface area contributed by atoms with Crippen LogP contribution in [-0.4, -0.2) is 58.1 Å². The molecule has 6 nitrogen and oxygen atoms in total. The Morgan fingerprint density at radius 2 is 2.10 bits per heavy atom. The highest BCUT2D eigenvalue weighted by atomic mass is 32.2. The van der Waals surface area contributed by atoms with Crippen molar-refractivity contribution in [3.8, 4) is 5.75 Å². The molecule has 0 unspecified atom stereocenters. The third kappa shape index (κ3) is 4.50. The quantitative estimate of drug-likeness (QED) is 0.743. The molecule has 21 heavy (non-hydrogen) atoms. The van der Waals surface area contributed by atoms with Crippen molar-refractivity contribution in [3.05, 3.63) is 18.2 Å². The van der Waals surface area contributed by atoms with E-state index in [4.69, 9.17) is 10.5 Å². The molecular weight excluding hydrogens is 310 g/mol. The largest absolute Gasteiger partial charge is 0.495 e. The van der Waals surface area contributed by atoms with E-state index < -0.39 is 10.0 Å². The number of anilines is 1. The highest BCUT2D eigenvalue weighted by molar-refractivity contribution is 7.99. The number of nitrogen functional groups attached to an aromatic ring is 1. The monoisotopic (exact) mass is 331 g/mol. The van der Waals surface area contributed by atoms with Crippen LogP contribution in [0.2, 0.25) is 0 Å². The molecule has 0 aliphatic carbocycles. The Morgan fingerprint density at radius 1 is 1.38 bits per heavy atom. The molecule has 1 heterocycles. The van der Waals surface area contributed by atoms with Gasteiger partial charge in [-0.3, -0.25) is 0 Å². The first-order valence-electron chi connectivity index (χ1n) is 6.76. The molecule has 0 spiro atoms. The van der Waals surface area contributed by atoms with E-state index in [1.165, 1.54) is 19.2 Å². The van der Waals surface area contributed by atoms with E-state index in [0.717, 1.165) is 31.1 Å². The SMILES string of the molecule is COc1ccc(S(=O)(=O)NCCN2CCSCC2)cc1N. The molecule has 0 atom stereocenters. The maximum Gasteiger partial charge on any atom is 0.240 e. The molecule has 0 bridgehead atoms. The third-order valence-electron chi connectivity index (χ3n) is 3.34. The minimum absolute atomic E-state index is 0.162. The predicted octanol–water partition coefficient (Wildman–Crippen LogP) is 0.604. The van der Waals surface area contributed by atoms with Crippen LogP contribution < -0.4 is 15.2 Å². The van der Waals surface area contributed by atoms with Gasteiger partial charge in [-0.25, -0.2) is 13.1 Å². The van der Waals surface area contributed by atoms with Gasteiger partial charge in [0.05, 0.1) is 17.7 Å². The number of methoxy groups -OCH3 is 1. The molecule has 0 amide bonds. The summed E-state index contributed by atoms with van der Waals surface area (Å²) in [6.45, 7) is 3.16. The van der Waals surface area contributed by atoms with Gasteiger partial charge in [0, 0.05) is 37.7 Å². The molecule has 2 rings (SSSR count). The van der Waals surface area contributed by atoms with Crippen LogP contribution in [0.4, 0.5) is 5.69 Å². The van der Waals surface area contributed by atoms with Crippen molar-refractivity contribution in [1.29, 1.82) is 0 Å². The van der Waals surface area contributed by atoms with Gasteiger partial charge in [0.2, 0.25) is 10.0 Å². The molecule has 1 aliphatic rings. The van der Waals surface area contributed by atoms with E-state index >= 15 is 0 Å². The first-order chi connectivity index (χ1) is 10.0. The fourth-order valence-electron chi connectivity index (χ4n) is 2.13. The average molecular weight is 331 g/mol. The summed E-state index contributed by atoms with van der Waals surface area (Å²) >= 11 is 1.93. The number of thioether (sulfide) groups is 1. The first-order valence-corrected chi connectivity index (χ1v) is 9.40. The Labute approximate surface area is 130 Å². The van der Waals surface area contributed by atoms with Crippen molar-refractivity contribution in [1.82, 2.24) is 9.62 Å². The van der Waals surface area contributed by atoms with E-state index in [1.54, 1.807) is 6.07 Å². The summed E-state index contributed by atoms with van der Waals surface area (Å²) in [6, 6.07) is 4.47. The van der Waals surface area contributed by atoms with Gasteiger partial charge < -0.3 is 15.4 Å². The Morgan fingerprint density at radius 3 is 2.71 bits per heavy atom. The lowest BCUT2D eigenvalue weighted by molar-refractivity contribution is 0.307. The molecule has 0 saturated carbocycles. The summed E-state index contributed by atoms with van der Waals surface area (Å²) in [5, 5.41) is 0. The molecule has 1 fully saturated rings. The normalized spacial score (nSPS) is 16.8. The standard InChI is InChI=1S/C13H21N3O3S2/c1-19-13-3-2-11(10-12(13)14)21(17,18)15-4-5-16-6-8-20-9-7-16/h2-3,10,15H,4-9,14H2,1H3. The van der Waals surface area contributed by atoms with Crippen LogP contribution in [0.5, 0.6) is 5.75 Å². The first kappa shape index (κ1) is 16.4. The summed E-state index contributed by atoms with van der Waals surface area (Å²) < 4.78 is 32.0. The Balaban J connectivity index is 1.93.